The summed E-state index contributed by atoms with van der Waals surface area (Å²) in [6, 6.07) is 63.4. The van der Waals surface area contributed by atoms with Crippen molar-refractivity contribution < 1.29 is 4.42 Å². The van der Waals surface area contributed by atoms with Crippen LogP contribution in [-0.4, -0.2) is 0 Å². The largest absolute Gasteiger partial charge is 0.456 e. The average Bonchev–Trinajstić information content (AvgIpc) is 3.84. The zero-order valence-corrected chi connectivity index (χ0v) is 37.1. The summed E-state index contributed by atoms with van der Waals surface area (Å²) in [5.41, 5.74) is 19.6. The molecule has 1 atom stereocenters. The topological polar surface area (TPSA) is 16.4 Å². The monoisotopic (exact) mass is 827 g/mol. The van der Waals surface area contributed by atoms with E-state index >= 15 is 0 Å². The third kappa shape index (κ3) is 6.14. The van der Waals surface area contributed by atoms with Crippen molar-refractivity contribution in [3.63, 3.8) is 0 Å². The molecular weight excluding hydrogens is 775 g/mol. The smallest absolute Gasteiger partial charge is 0.136 e. The molecule has 1 heterocycles. The lowest BCUT2D eigenvalue weighted by atomic mass is 9.79. The number of anilines is 2. The van der Waals surface area contributed by atoms with Crippen LogP contribution >= 0.6 is 0 Å². The van der Waals surface area contributed by atoms with Crippen LogP contribution in [0.5, 0.6) is 0 Å². The molecule has 0 saturated heterocycles. The van der Waals surface area contributed by atoms with E-state index in [0.29, 0.717) is 11.8 Å². The van der Waals surface area contributed by atoms with Crippen LogP contribution in [0.15, 0.2) is 192 Å². The molecule has 0 spiro atoms. The SMILES string of the molecule is CC1C=C(c2cccc3cccc(C4CCCCC4)c23)C(N(c2ccccc2-c2cccc3c2-c2ccccc2C3(C)C)c2ccccc2-c2cccc3oc4ccccc4c23)=CC1. The van der Waals surface area contributed by atoms with Gasteiger partial charge in [0.25, 0.3) is 0 Å². The van der Waals surface area contributed by atoms with Crippen molar-refractivity contribution in [2.24, 2.45) is 5.92 Å². The van der Waals surface area contributed by atoms with E-state index in [2.05, 4.69) is 208 Å². The molecule has 2 heteroatoms. The van der Waals surface area contributed by atoms with Crippen LogP contribution in [0.3, 0.4) is 0 Å². The lowest BCUT2D eigenvalue weighted by Crippen LogP contribution is -2.22. The molecule has 3 aliphatic rings. The van der Waals surface area contributed by atoms with Crippen LogP contribution in [0.25, 0.3) is 71.7 Å². The Labute approximate surface area is 377 Å². The van der Waals surface area contributed by atoms with Gasteiger partial charge in [-0.15, -0.1) is 0 Å². The number of fused-ring (bicyclic) bond motifs is 7. The number of nitrogens with zero attached hydrogens (tertiary/aromatic N) is 1. The van der Waals surface area contributed by atoms with Gasteiger partial charge in [0.1, 0.15) is 11.2 Å². The lowest BCUT2D eigenvalue weighted by Gasteiger charge is -2.36. The summed E-state index contributed by atoms with van der Waals surface area (Å²) in [6.07, 6.45) is 12.5. The summed E-state index contributed by atoms with van der Waals surface area (Å²) in [7, 11) is 0. The molecule has 0 amide bonds. The van der Waals surface area contributed by atoms with Crippen molar-refractivity contribution in [2.75, 3.05) is 4.90 Å². The number of rotatable bonds is 7. The molecule has 1 aromatic heterocycles. The Morgan fingerprint density at radius 3 is 1.92 bits per heavy atom. The highest BCUT2D eigenvalue weighted by molar-refractivity contribution is 6.14. The highest BCUT2D eigenvalue weighted by Crippen LogP contribution is 2.55. The van der Waals surface area contributed by atoms with Gasteiger partial charge in [-0.2, -0.15) is 0 Å². The summed E-state index contributed by atoms with van der Waals surface area (Å²) >= 11 is 0. The van der Waals surface area contributed by atoms with E-state index in [1.54, 1.807) is 0 Å². The Morgan fingerprint density at radius 1 is 0.516 bits per heavy atom. The number of benzene rings is 8. The van der Waals surface area contributed by atoms with Gasteiger partial charge in [-0.25, -0.2) is 0 Å². The van der Waals surface area contributed by atoms with Gasteiger partial charge in [-0.3, -0.25) is 0 Å². The Morgan fingerprint density at radius 2 is 1.11 bits per heavy atom. The Balaban J connectivity index is 1.14. The zero-order valence-electron chi connectivity index (χ0n) is 37.1. The number of hydrogen-bond acceptors (Lipinski definition) is 2. The molecular formula is C62H53NO. The number of para-hydroxylation sites is 3. The minimum absolute atomic E-state index is 0.114. The zero-order chi connectivity index (χ0) is 42.9. The molecule has 312 valence electrons. The van der Waals surface area contributed by atoms with E-state index in [-0.39, 0.29) is 5.41 Å². The van der Waals surface area contributed by atoms with Gasteiger partial charge in [0.05, 0.1) is 11.4 Å². The predicted octanol–water partition coefficient (Wildman–Crippen LogP) is 17.6. The standard InChI is InChI=1S/C62H53NO/c1-40-37-38-56(51(39-40)48-28-16-22-42-21-15-27-43(59(42)48)41-19-5-4-6-20-41)63(55-34-13-9-24-45(55)47-30-18-36-58-61(47)50-26-10-14-35-57(50)64-58)54-33-12-8-23-44(54)46-29-17-32-53-60(46)49-25-7-11-31-52(49)62(53,2)3/h7-18,21-36,38-41H,4-6,19-20,37H2,1-3H3. The molecule has 9 aromatic rings. The first-order chi connectivity index (χ1) is 31.5. The first-order valence-electron chi connectivity index (χ1n) is 23.5. The molecule has 1 fully saturated rings. The molecule has 0 N–H and O–H groups in total. The molecule has 0 bridgehead atoms. The van der Waals surface area contributed by atoms with Gasteiger partial charge in [-0.05, 0) is 111 Å². The van der Waals surface area contributed by atoms with Crippen molar-refractivity contribution >= 4 is 49.7 Å². The molecule has 3 aliphatic carbocycles. The molecule has 2 nitrogen and oxygen atoms in total. The summed E-state index contributed by atoms with van der Waals surface area (Å²) in [5, 5.41) is 5.02. The van der Waals surface area contributed by atoms with Crippen LogP contribution in [0, 0.1) is 5.92 Å². The second-order valence-electron chi connectivity index (χ2n) is 19.0. The molecule has 1 saturated carbocycles. The lowest BCUT2D eigenvalue weighted by molar-refractivity contribution is 0.445. The first kappa shape index (κ1) is 38.7. The molecule has 0 aliphatic heterocycles. The number of hydrogen-bond donors (Lipinski definition) is 0. The van der Waals surface area contributed by atoms with Gasteiger partial charge in [0.2, 0.25) is 0 Å². The fraction of sp³-hybridized carbons (Fsp3) is 0.194. The van der Waals surface area contributed by atoms with Crippen LogP contribution in [0.1, 0.15) is 87.5 Å². The van der Waals surface area contributed by atoms with Crippen molar-refractivity contribution in [1.29, 1.82) is 0 Å². The van der Waals surface area contributed by atoms with Gasteiger partial charge in [0, 0.05) is 38.6 Å². The fourth-order valence-corrected chi connectivity index (χ4v) is 11.8. The van der Waals surface area contributed by atoms with Crippen molar-refractivity contribution in [1.82, 2.24) is 0 Å². The normalized spacial score (nSPS) is 17.0. The fourth-order valence-electron chi connectivity index (χ4n) is 11.8. The number of allylic oxidation sites excluding steroid dienone is 3. The summed E-state index contributed by atoms with van der Waals surface area (Å²) in [6.45, 7) is 7.14. The summed E-state index contributed by atoms with van der Waals surface area (Å²) in [4.78, 5) is 2.62. The van der Waals surface area contributed by atoms with E-state index in [1.165, 1.54) is 104 Å². The van der Waals surface area contributed by atoms with E-state index < -0.39 is 0 Å². The van der Waals surface area contributed by atoms with Crippen LogP contribution in [-0.2, 0) is 5.41 Å². The second-order valence-corrected chi connectivity index (χ2v) is 19.0. The van der Waals surface area contributed by atoms with Crippen molar-refractivity contribution in [2.45, 2.75) is 70.6 Å². The summed E-state index contributed by atoms with van der Waals surface area (Å²) < 4.78 is 6.54. The average molecular weight is 828 g/mol. The molecule has 12 rings (SSSR count). The predicted molar refractivity (Wildman–Crippen MR) is 270 cm³/mol. The Hall–Kier alpha value is -6.90. The third-order valence-corrected chi connectivity index (χ3v) is 14.8. The maximum Gasteiger partial charge on any atom is 0.136 e. The third-order valence-electron chi connectivity index (χ3n) is 14.8. The van der Waals surface area contributed by atoms with Crippen molar-refractivity contribution in [3.05, 3.63) is 210 Å². The maximum absolute atomic E-state index is 6.54. The van der Waals surface area contributed by atoms with E-state index in [0.717, 1.165) is 45.3 Å². The molecule has 0 radical (unpaired) electrons. The van der Waals surface area contributed by atoms with E-state index in [9.17, 15) is 0 Å². The van der Waals surface area contributed by atoms with Gasteiger partial charge < -0.3 is 9.32 Å². The summed E-state index contributed by atoms with van der Waals surface area (Å²) in [5.74, 6) is 0.952. The molecule has 1 unspecified atom stereocenters. The first-order valence-corrected chi connectivity index (χ1v) is 23.5. The maximum atomic E-state index is 6.54. The second kappa shape index (κ2) is 15.4. The van der Waals surface area contributed by atoms with Gasteiger partial charge in [0.15, 0.2) is 0 Å². The highest BCUT2D eigenvalue weighted by Gasteiger charge is 2.37. The quantitative estimate of drug-likeness (QED) is 0.159. The highest BCUT2D eigenvalue weighted by atomic mass is 16.3. The Bertz CT molecular complexity index is 3340. The van der Waals surface area contributed by atoms with E-state index in [4.69, 9.17) is 4.42 Å². The van der Waals surface area contributed by atoms with E-state index in [1.807, 2.05) is 0 Å². The van der Waals surface area contributed by atoms with Crippen LogP contribution < -0.4 is 4.90 Å². The van der Waals surface area contributed by atoms with Gasteiger partial charge in [-0.1, -0.05) is 198 Å². The van der Waals surface area contributed by atoms with Crippen LogP contribution in [0.2, 0.25) is 0 Å². The van der Waals surface area contributed by atoms with Crippen LogP contribution in [0.4, 0.5) is 11.4 Å². The minimum Gasteiger partial charge on any atom is -0.456 e. The minimum atomic E-state index is -0.114. The Kier molecular flexibility index (Phi) is 9.34. The molecule has 8 aromatic carbocycles. The number of furan rings is 1. The van der Waals surface area contributed by atoms with Gasteiger partial charge >= 0.3 is 0 Å². The van der Waals surface area contributed by atoms with Crippen molar-refractivity contribution in [3.8, 4) is 33.4 Å². The molecule has 64 heavy (non-hydrogen) atoms.